The van der Waals surface area contributed by atoms with E-state index in [2.05, 4.69) is 0 Å². The van der Waals surface area contributed by atoms with Gasteiger partial charge in [0, 0.05) is 6.26 Å². The number of hydrogen-bond acceptors (Lipinski definition) is 6. The number of sulfone groups is 1. The van der Waals surface area contributed by atoms with E-state index in [1.54, 1.807) is 0 Å². The number of carboxylic acids is 2. The van der Waals surface area contributed by atoms with Gasteiger partial charge in [-0.15, -0.1) is 0 Å². The lowest BCUT2D eigenvalue weighted by Gasteiger charge is -2.15. The molecule has 0 spiro atoms. The number of hydrogen-bond donors (Lipinski definition) is 4. The first-order valence-corrected chi connectivity index (χ1v) is 8.36. The number of nitrogens with two attached hydrogens (primary N) is 2. The zero-order chi connectivity index (χ0) is 18.8. The summed E-state index contributed by atoms with van der Waals surface area (Å²) in [5.41, 5.74) is 6.84. The fourth-order valence-electron chi connectivity index (χ4n) is 2.15. The van der Waals surface area contributed by atoms with Gasteiger partial charge in [-0.2, -0.15) is 0 Å². The Hall–Kier alpha value is -2.95. The second kappa shape index (κ2) is 6.66. The van der Waals surface area contributed by atoms with Gasteiger partial charge in [-0.1, -0.05) is 0 Å². The molecule has 2 amide bonds. The number of amides is 2. The normalized spacial score (nSPS) is 11.0. The van der Waals surface area contributed by atoms with Crippen LogP contribution in [0.2, 0.25) is 0 Å². The van der Waals surface area contributed by atoms with Crippen LogP contribution in [-0.2, 0) is 16.3 Å². The molecule has 11 heteroatoms. The van der Waals surface area contributed by atoms with Gasteiger partial charge in [0.15, 0.2) is 0 Å². The monoisotopic (exact) mass is 358 g/mol. The molecule has 24 heavy (non-hydrogen) atoms. The number of carbonyl (C=O) groups excluding carboxylic acids is 2. The maximum atomic E-state index is 11.5. The highest BCUT2D eigenvalue weighted by molar-refractivity contribution is 7.90. The molecular weight excluding hydrogens is 344 g/mol. The summed E-state index contributed by atoms with van der Waals surface area (Å²) in [6.07, 6.45) is 0.310. The van der Waals surface area contributed by atoms with Crippen molar-refractivity contribution >= 4 is 33.6 Å². The SMILES string of the molecule is CS(=O)(=O)CCc1c(C(=O)O)c(C(N)=O)cc(C(N)=O)c1C(=O)O. The van der Waals surface area contributed by atoms with Gasteiger partial charge >= 0.3 is 11.9 Å². The van der Waals surface area contributed by atoms with Crippen LogP contribution in [0.1, 0.15) is 47.0 Å². The van der Waals surface area contributed by atoms with Gasteiger partial charge in [0.05, 0.1) is 28.0 Å². The third-order valence-corrected chi connectivity index (χ3v) is 4.06. The van der Waals surface area contributed by atoms with Crippen LogP contribution < -0.4 is 11.5 Å². The number of aromatic carboxylic acids is 2. The van der Waals surface area contributed by atoms with E-state index < -0.39 is 73.6 Å². The van der Waals surface area contributed by atoms with Crippen LogP contribution in [0.3, 0.4) is 0 Å². The smallest absolute Gasteiger partial charge is 0.336 e. The summed E-state index contributed by atoms with van der Waals surface area (Å²) >= 11 is 0. The lowest BCUT2D eigenvalue weighted by molar-refractivity contribution is 0.0686. The van der Waals surface area contributed by atoms with Crippen molar-refractivity contribution in [1.82, 2.24) is 0 Å². The summed E-state index contributed by atoms with van der Waals surface area (Å²) < 4.78 is 22.7. The highest BCUT2D eigenvalue weighted by Crippen LogP contribution is 2.25. The Kier molecular flexibility index (Phi) is 5.30. The fourth-order valence-corrected chi connectivity index (χ4v) is 2.73. The minimum Gasteiger partial charge on any atom is -0.478 e. The Morgan fingerprint density at radius 3 is 1.58 bits per heavy atom. The highest BCUT2D eigenvalue weighted by atomic mass is 32.2. The summed E-state index contributed by atoms with van der Waals surface area (Å²) in [4.78, 5) is 45.9. The van der Waals surface area contributed by atoms with E-state index >= 15 is 0 Å². The topological polar surface area (TPSA) is 195 Å². The Morgan fingerprint density at radius 1 is 0.958 bits per heavy atom. The standard InChI is InChI=1S/C13H14N2O8S/c1-24(22,23)3-2-5-8(12(18)19)6(10(14)16)4-7(11(15)17)9(5)13(20)21/h4H,2-3H2,1H3,(H2,14,16)(H2,15,17)(H,18,19)(H,20,21). The van der Waals surface area contributed by atoms with E-state index in [0.717, 1.165) is 6.26 Å². The van der Waals surface area contributed by atoms with Crippen molar-refractivity contribution in [1.29, 1.82) is 0 Å². The lowest BCUT2D eigenvalue weighted by atomic mass is 9.89. The van der Waals surface area contributed by atoms with Crippen molar-refractivity contribution in [2.45, 2.75) is 6.42 Å². The molecule has 0 radical (unpaired) electrons. The molecule has 0 fully saturated rings. The van der Waals surface area contributed by atoms with Crippen LogP contribution in [0.25, 0.3) is 0 Å². The van der Waals surface area contributed by atoms with Crippen molar-refractivity contribution in [3.63, 3.8) is 0 Å². The number of primary amides is 2. The summed E-state index contributed by atoms with van der Waals surface area (Å²) in [7, 11) is -3.59. The predicted molar refractivity (Wildman–Crippen MR) is 80.8 cm³/mol. The number of benzene rings is 1. The zero-order valence-electron chi connectivity index (χ0n) is 12.4. The molecule has 1 rings (SSSR count). The molecule has 0 heterocycles. The Balaban J connectivity index is 3.93. The first-order valence-electron chi connectivity index (χ1n) is 6.30. The molecule has 0 aliphatic heterocycles. The van der Waals surface area contributed by atoms with Crippen molar-refractivity contribution in [2.75, 3.05) is 12.0 Å². The summed E-state index contributed by atoms with van der Waals surface area (Å²) in [5.74, 6) is -6.44. The largest absolute Gasteiger partial charge is 0.478 e. The fraction of sp³-hybridized carbons (Fsp3) is 0.231. The van der Waals surface area contributed by atoms with E-state index in [1.807, 2.05) is 0 Å². The molecule has 0 aliphatic rings. The Morgan fingerprint density at radius 2 is 1.33 bits per heavy atom. The molecule has 0 saturated heterocycles. The van der Waals surface area contributed by atoms with E-state index in [4.69, 9.17) is 11.5 Å². The van der Waals surface area contributed by atoms with Crippen molar-refractivity contribution in [2.24, 2.45) is 11.5 Å². The second-order valence-electron chi connectivity index (χ2n) is 4.92. The van der Waals surface area contributed by atoms with Gasteiger partial charge in [-0.05, 0) is 18.1 Å². The average molecular weight is 358 g/mol. The molecule has 0 unspecified atom stereocenters. The van der Waals surface area contributed by atoms with E-state index in [0.29, 0.717) is 6.07 Å². The molecule has 130 valence electrons. The quantitative estimate of drug-likeness (QED) is 0.469. The molecule has 0 aromatic heterocycles. The molecular formula is C13H14N2O8S. The molecule has 0 atom stereocenters. The van der Waals surface area contributed by atoms with Gasteiger partial charge in [0.25, 0.3) is 0 Å². The van der Waals surface area contributed by atoms with Crippen LogP contribution in [0, 0.1) is 0 Å². The molecule has 6 N–H and O–H groups in total. The molecule has 0 saturated carbocycles. The van der Waals surface area contributed by atoms with Crippen LogP contribution in [0.4, 0.5) is 0 Å². The maximum Gasteiger partial charge on any atom is 0.336 e. The summed E-state index contributed by atoms with van der Waals surface area (Å²) in [6.45, 7) is 0. The van der Waals surface area contributed by atoms with Gasteiger partial charge in [0.2, 0.25) is 11.8 Å². The predicted octanol–water partition coefficient (Wildman–Crippen LogP) is -1.13. The number of rotatable bonds is 7. The molecule has 10 nitrogen and oxygen atoms in total. The third kappa shape index (κ3) is 4.07. The number of carbonyl (C=O) groups is 4. The van der Waals surface area contributed by atoms with E-state index in [-0.39, 0.29) is 0 Å². The first-order chi connectivity index (χ1) is 10.9. The van der Waals surface area contributed by atoms with E-state index in [9.17, 15) is 37.8 Å². The Labute approximate surface area is 136 Å². The van der Waals surface area contributed by atoms with Gasteiger partial charge < -0.3 is 21.7 Å². The minimum absolute atomic E-state index is 0.509. The van der Waals surface area contributed by atoms with Crippen LogP contribution >= 0.6 is 0 Å². The molecule has 0 bridgehead atoms. The molecule has 0 aliphatic carbocycles. The van der Waals surface area contributed by atoms with Gasteiger partial charge in [-0.25, -0.2) is 18.0 Å². The minimum atomic E-state index is -3.59. The average Bonchev–Trinajstić information content (AvgIpc) is 2.41. The van der Waals surface area contributed by atoms with Gasteiger partial charge in [0.1, 0.15) is 9.84 Å². The summed E-state index contributed by atoms with van der Waals surface area (Å²) in [6, 6.07) is 0.682. The van der Waals surface area contributed by atoms with Crippen molar-refractivity contribution in [3.8, 4) is 0 Å². The molecule has 1 aromatic carbocycles. The Bertz CT molecular complexity index is 807. The van der Waals surface area contributed by atoms with Crippen LogP contribution in [-0.4, -0.2) is 54.4 Å². The second-order valence-corrected chi connectivity index (χ2v) is 7.18. The van der Waals surface area contributed by atoms with Crippen molar-refractivity contribution in [3.05, 3.63) is 33.9 Å². The molecule has 1 aromatic rings. The summed E-state index contributed by atoms with van der Waals surface area (Å²) in [5, 5.41) is 18.6. The van der Waals surface area contributed by atoms with Crippen LogP contribution in [0.5, 0.6) is 0 Å². The zero-order valence-corrected chi connectivity index (χ0v) is 13.2. The first kappa shape index (κ1) is 19.1. The van der Waals surface area contributed by atoms with Crippen molar-refractivity contribution < 1.29 is 37.8 Å². The third-order valence-electron chi connectivity index (χ3n) is 3.11. The van der Waals surface area contributed by atoms with E-state index in [1.165, 1.54) is 0 Å². The van der Waals surface area contributed by atoms with Gasteiger partial charge in [-0.3, -0.25) is 9.59 Å². The lowest BCUT2D eigenvalue weighted by Crippen LogP contribution is -2.26. The number of carboxylic acid groups (broad SMARTS) is 2. The van der Waals surface area contributed by atoms with Crippen LogP contribution in [0.15, 0.2) is 6.07 Å². The maximum absolute atomic E-state index is 11.5. The highest BCUT2D eigenvalue weighted by Gasteiger charge is 2.30.